The van der Waals surface area contributed by atoms with Gasteiger partial charge in [-0.3, -0.25) is 18.9 Å². The van der Waals surface area contributed by atoms with Crippen molar-refractivity contribution in [1.82, 2.24) is 34.5 Å². The van der Waals surface area contributed by atoms with Crippen LogP contribution in [0.1, 0.15) is 26.5 Å². The van der Waals surface area contributed by atoms with Gasteiger partial charge in [0.1, 0.15) is 18.8 Å². The normalized spacial score (nSPS) is 39.2. The molecule has 228 valence electrons. The molecule has 10 atom stereocenters. The highest BCUT2D eigenvalue weighted by atomic mass is 32.7. The Hall–Kier alpha value is -2.05. The second-order valence-electron chi connectivity index (χ2n) is 10.4. The maximum Gasteiger partial charge on any atom is 0.386 e. The number of nitrogen functional groups attached to an aromatic ring is 1. The van der Waals surface area contributed by atoms with Crippen molar-refractivity contribution in [2.75, 3.05) is 24.3 Å². The summed E-state index contributed by atoms with van der Waals surface area (Å²) in [4.78, 5) is 46.2. The van der Waals surface area contributed by atoms with Gasteiger partial charge in [-0.1, -0.05) is 26.1 Å². The van der Waals surface area contributed by atoms with Crippen molar-refractivity contribution >= 4 is 60.6 Å². The summed E-state index contributed by atoms with van der Waals surface area (Å²) in [6.45, 7) is -4.33. The minimum Gasteiger partial charge on any atom is -0.369 e. The second kappa shape index (κ2) is 11.5. The van der Waals surface area contributed by atoms with E-state index in [4.69, 9.17) is 40.4 Å². The highest BCUT2D eigenvalue weighted by Gasteiger charge is 2.50. The number of rotatable bonds is 3. The molecular formula is C21H29N9O8P2S2. The Bertz CT molecular complexity index is 1620. The summed E-state index contributed by atoms with van der Waals surface area (Å²) in [6.07, 6.45) is 1.35. The Kier molecular flexibility index (Phi) is 8.19. The third-order valence-electron chi connectivity index (χ3n) is 7.77. The van der Waals surface area contributed by atoms with E-state index in [9.17, 15) is 14.3 Å². The Balaban J connectivity index is 1.29. The predicted molar refractivity (Wildman–Crippen MR) is 155 cm³/mol. The number of nitrogens with two attached hydrogens (primary N) is 1. The van der Waals surface area contributed by atoms with Gasteiger partial charge in [-0.2, -0.15) is 4.98 Å². The summed E-state index contributed by atoms with van der Waals surface area (Å²) in [5, 5.41) is 3.25. The Morgan fingerprint density at radius 2 is 1.93 bits per heavy atom. The number of hydrogen-bond acceptors (Lipinski definition) is 15. The fraction of sp³-hybridized carbons (Fsp3) is 0.619. The second-order valence-corrected chi connectivity index (χ2v) is 16.1. The third-order valence-corrected chi connectivity index (χ3v) is 10.9. The molecule has 17 nitrogen and oxygen atoms in total. The van der Waals surface area contributed by atoms with Crippen LogP contribution in [0.5, 0.6) is 0 Å². The average molecular weight is 662 g/mol. The summed E-state index contributed by atoms with van der Waals surface area (Å²) >= 11 is 9.67. The number of thiol groups is 1. The van der Waals surface area contributed by atoms with Crippen LogP contribution >= 0.6 is 25.8 Å². The van der Waals surface area contributed by atoms with E-state index in [1.54, 1.807) is 6.92 Å². The molecule has 0 aromatic carbocycles. The highest BCUT2D eigenvalue weighted by molar-refractivity contribution is 8.44. The smallest absolute Gasteiger partial charge is 0.369 e. The van der Waals surface area contributed by atoms with Crippen molar-refractivity contribution in [3.63, 3.8) is 0 Å². The minimum atomic E-state index is -4.00. The van der Waals surface area contributed by atoms with Crippen molar-refractivity contribution in [3.05, 3.63) is 29.3 Å². The van der Waals surface area contributed by atoms with Crippen molar-refractivity contribution < 1.29 is 32.3 Å². The largest absolute Gasteiger partial charge is 0.386 e. The molecule has 6 rings (SSSR count). The van der Waals surface area contributed by atoms with E-state index in [2.05, 4.69) is 47.5 Å². The summed E-state index contributed by atoms with van der Waals surface area (Å²) in [7, 11) is 0. The van der Waals surface area contributed by atoms with E-state index in [0.717, 1.165) is 0 Å². The van der Waals surface area contributed by atoms with E-state index in [1.165, 1.54) is 23.5 Å². The summed E-state index contributed by atoms with van der Waals surface area (Å²) in [6, 6.07) is -0.198. The van der Waals surface area contributed by atoms with Crippen molar-refractivity contribution in [3.8, 4) is 0 Å². The molecule has 5 heterocycles. The summed E-state index contributed by atoms with van der Waals surface area (Å²) < 4.78 is 44.9. The molecule has 0 amide bonds. The Labute approximate surface area is 249 Å². The van der Waals surface area contributed by atoms with E-state index in [1.807, 2.05) is 6.92 Å². The van der Waals surface area contributed by atoms with Crippen LogP contribution in [-0.2, 0) is 39.2 Å². The molecule has 2 unspecified atom stereocenters. The first kappa shape index (κ1) is 30.0. The quantitative estimate of drug-likeness (QED) is 0.199. The number of H-pyrrole nitrogens is 1. The first-order valence-electron chi connectivity index (χ1n) is 13.0. The van der Waals surface area contributed by atoms with Gasteiger partial charge in [-0.25, -0.2) is 24.5 Å². The fourth-order valence-electron chi connectivity index (χ4n) is 5.62. The standard InChI is InChI=1S/C21H29N9O8P2S2/c1-9-12(27-21-24-6-23-7-25-21)3-11-4-34-39(32,41)38-16-10(2)13(5-35-40(33,42)37-15(9)11)36-19(16)30-8-26-14-17(30)28-20(22)29-18(14)31/h6-13,15-16,19H,3-5H2,1-2H3,(H,32,41)(H,33,42)(H3,22,28,29,31)(H,23,24,25,27)/t9-,10+,11+,12+,13+,15-,16+,19+,39?,40?/m0/s1. The lowest BCUT2D eigenvalue weighted by molar-refractivity contribution is -0.0484. The maximum atomic E-state index is 13.6. The molecule has 1 saturated carbocycles. The van der Waals surface area contributed by atoms with E-state index < -0.39 is 49.5 Å². The van der Waals surface area contributed by atoms with Gasteiger partial charge < -0.3 is 34.3 Å². The average Bonchev–Trinajstić information content (AvgIpc) is 3.57. The third kappa shape index (κ3) is 6.00. The van der Waals surface area contributed by atoms with E-state index in [0.29, 0.717) is 12.4 Å². The first-order valence-corrected chi connectivity index (χ1v) is 18.3. The van der Waals surface area contributed by atoms with Gasteiger partial charge in [-0.15, -0.1) is 0 Å². The molecule has 2 saturated heterocycles. The van der Waals surface area contributed by atoms with Crippen LogP contribution in [0.3, 0.4) is 0 Å². The molecule has 3 aliphatic rings. The lowest BCUT2D eigenvalue weighted by Crippen LogP contribution is -2.30. The van der Waals surface area contributed by atoms with Gasteiger partial charge >= 0.3 is 13.5 Å². The number of aromatic nitrogens is 7. The number of imidazole rings is 1. The van der Waals surface area contributed by atoms with Crippen molar-refractivity contribution in [1.29, 1.82) is 0 Å². The zero-order valence-electron chi connectivity index (χ0n) is 22.3. The molecule has 0 spiro atoms. The predicted octanol–water partition coefficient (Wildman–Crippen LogP) is 1.63. The molecule has 1 aliphatic carbocycles. The van der Waals surface area contributed by atoms with Gasteiger partial charge in [0.2, 0.25) is 11.9 Å². The van der Waals surface area contributed by atoms with Gasteiger partial charge in [0.25, 0.3) is 5.56 Å². The number of ether oxygens (including phenoxy) is 1. The number of hydrogen-bond donors (Lipinski definition) is 5. The van der Waals surface area contributed by atoms with Crippen molar-refractivity contribution in [2.24, 2.45) is 17.8 Å². The summed E-state index contributed by atoms with van der Waals surface area (Å²) in [5.74, 6) is -0.796. The van der Waals surface area contributed by atoms with E-state index in [-0.39, 0.29) is 48.2 Å². The number of anilines is 2. The van der Waals surface area contributed by atoms with Crippen LogP contribution in [0, 0.1) is 17.8 Å². The number of fused-ring (bicyclic) bond motifs is 4. The zero-order chi connectivity index (χ0) is 29.8. The molecule has 3 aromatic heterocycles. The molecular weight excluding hydrogens is 632 g/mol. The molecule has 3 fully saturated rings. The topological polar surface area (TPSA) is 224 Å². The number of aromatic amines is 1. The van der Waals surface area contributed by atoms with Gasteiger partial charge in [0.05, 0.1) is 31.7 Å². The highest BCUT2D eigenvalue weighted by Crippen LogP contribution is 2.59. The molecule has 2 aliphatic heterocycles. The maximum absolute atomic E-state index is 13.6. The van der Waals surface area contributed by atoms with Crippen LogP contribution in [0.4, 0.5) is 11.9 Å². The Morgan fingerprint density at radius 1 is 1.17 bits per heavy atom. The van der Waals surface area contributed by atoms with Crippen LogP contribution < -0.4 is 16.6 Å². The van der Waals surface area contributed by atoms with Gasteiger partial charge in [-0.05, 0) is 18.2 Å². The Morgan fingerprint density at radius 3 is 2.69 bits per heavy atom. The van der Waals surface area contributed by atoms with Crippen LogP contribution in [-0.4, -0.2) is 76.9 Å². The molecule has 21 heteroatoms. The number of nitrogens with zero attached hydrogens (tertiary/aromatic N) is 6. The number of nitrogens with one attached hydrogen (secondary N) is 2. The lowest BCUT2D eigenvalue weighted by Gasteiger charge is -2.29. The van der Waals surface area contributed by atoms with Crippen molar-refractivity contribution in [2.45, 2.75) is 50.8 Å². The monoisotopic (exact) mass is 661 g/mol. The molecule has 5 N–H and O–H groups in total. The molecule has 0 radical (unpaired) electrons. The van der Waals surface area contributed by atoms with Gasteiger partial charge in [0.15, 0.2) is 17.4 Å². The zero-order valence-corrected chi connectivity index (χ0v) is 25.8. The molecule has 2 bridgehead atoms. The van der Waals surface area contributed by atoms with E-state index >= 15 is 0 Å². The SMILES string of the molecule is C[C@@H]1[C@@H]2OP(O)(=S)OC[C@H]3O[C@@H](n4cnc5c(=O)[nH]c(N)nc54)[C@H](OP(=O)(S)OC[C@H]2C[C@H]1Nc1ncncn1)[C@@H]3C. The van der Waals surface area contributed by atoms with Crippen LogP contribution in [0.25, 0.3) is 11.2 Å². The fourth-order valence-corrected chi connectivity index (χ4v) is 8.74. The first-order chi connectivity index (χ1) is 19.9. The minimum absolute atomic E-state index is 0.0274. The van der Waals surface area contributed by atoms with Crippen LogP contribution in [0.2, 0.25) is 0 Å². The molecule has 42 heavy (non-hydrogen) atoms. The van der Waals surface area contributed by atoms with Gasteiger partial charge in [0, 0.05) is 23.8 Å². The molecule has 3 aromatic rings. The lowest BCUT2D eigenvalue weighted by atomic mass is 10.0. The van der Waals surface area contributed by atoms with Crippen LogP contribution in [0.15, 0.2) is 23.8 Å². The summed E-state index contributed by atoms with van der Waals surface area (Å²) in [5.41, 5.74) is 5.39.